The molecular weight excluding hydrogens is 361 g/mol. The highest BCUT2D eigenvalue weighted by atomic mass is 35.5. The van der Waals surface area contributed by atoms with E-state index in [1.807, 2.05) is 6.07 Å². The van der Waals surface area contributed by atoms with E-state index in [0.717, 1.165) is 9.90 Å². The van der Waals surface area contributed by atoms with Crippen molar-refractivity contribution < 1.29 is 4.79 Å². The fourth-order valence-electron chi connectivity index (χ4n) is 1.66. The summed E-state index contributed by atoms with van der Waals surface area (Å²) < 4.78 is 0.853. The molecule has 0 radical (unpaired) electrons. The van der Waals surface area contributed by atoms with Crippen LogP contribution in [-0.2, 0) is 11.2 Å². The van der Waals surface area contributed by atoms with Crippen molar-refractivity contribution in [2.45, 2.75) is 36.3 Å². The zero-order valence-electron chi connectivity index (χ0n) is 12.1. The SMILES string of the molecule is CC(C)Sc1nnc(NC(=O)CCc2ccc(Cl)cc2Cl)s1. The smallest absolute Gasteiger partial charge is 0.226 e. The van der Waals surface area contributed by atoms with Gasteiger partial charge in [-0.25, -0.2) is 0 Å². The van der Waals surface area contributed by atoms with Crippen molar-refractivity contribution in [1.29, 1.82) is 0 Å². The molecule has 0 saturated carbocycles. The van der Waals surface area contributed by atoms with Gasteiger partial charge in [0, 0.05) is 21.7 Å². The van der Waals surface area contributed by atoms with Crippen LogP contribution < -0.4 is 5.32 Å². The summed E-state index contributed by atoms with van der Waals surface area (Å²) in [4.78, 5) is 11.9. The molecule has 1 amide bonds. The van der Waals surface area contributed by atoms with Crippen molar-refractivity contribution in [3.8, 4) is 0 Å². The molecule has 0 unspecified atom stereocenters. The highest BCUT2D eigenvalue weighted by Gasteiger charge is 2.11. The van der Waals surface area contributed by atoms with Gasteiger partial charge in [0.05, 0.1) is 0 Å². The van der Waals surface area contributed by atoms with E-state index < -0.39 is 0 Å². The topological polar surface area (TPSA) is 54.9 Å². The quantitative estimate of drug-likeness (QED) is 0.575. The van der Waals surface area contributed by atoms with Crippen LogP contribution in [-0.4, -0.2) is 21.4 Å². The van der Waals surface area contributed by atoms with Crippen LogP contribution in [0.2, 0.25) is 10.0 Å². The average molecular weight is 376 g/mol. The Hall–Kier alpha value is -0.820. The number of hydrogen-bond acceptors (Lipinski definition) is 5. The van der Waals surface area contributed by atoms with E-state index in [0.29, 0.717) is 33.3 Å². The number of carbonyl (C=O) groups excluding carboxylic acids is 1. The number of thioether (sulfide) groups is 1. The Morgan fingerprint density at radius 2 is 2.14 bits per heavy atom. The number of aromatic nitrogens is 2. The van der Waals surface area contributed by atoms with Crippen LogP contribution in [0.15, 0.2) is 22.5 Å². The van der Waals surface area contributed by atoms with Gasteiger partial charge in [-0.15, -0.1) is 10.2 Å². The summed E-state index contributed by atoms with van der Waals surface area (Å²) in [5.41, 5.74) is 0.898. The van der Waals surface area contributed by atoms with Gasteiger partial charge in [0.15, 0.2) is 4.34 Å². The lowest BCUT2D eigenvalue weighted by Gasteiger charge is -2.04. The van der Waals surface area contributed by atoms with E-state index in [4.69, 9.17) is 23.2 Å². The first-order chi connectivity index (χ1) is 10.4. The molecule has 1 N–H and O–H groups in total. The molecule has 0 aliphatic rings. The Morgan fingerprint density at radius 3 is 2.82 bits per heavy atom. The fourth-order valence-corrected chi connectivity index (χ4v) is 4.16. The van der Waals surface area contributed by atoms with Gasteiger partial charge in [-0.3, -0.25) is 4.79 Å². The van der Waals surface area contributed by atoms with Gasteiger partial charge in [-0.1, -0.05) is 66.2 Å². The molecule has 1 aromatic carbocycles. The lowest BCUT2D eigenvalue weighted by molar-refractivity contribution is -0.116. The van der Waals surface area contributed by atoms with Crippen molar-refractivity contribution in [1.82, 2.24) is 10.2 Å². The molecule has 8 heteroatoms. The van der Waals surface area contributed by atoms with E-state index in [2.05, 4.69) is 29.4 Å². The molecule has 2 rings (SSSR count). The van der Waals surface area contributed by atoms with Crippen LogP contribution >= 0.6 is 46.3 Å². The number of nitrogens with one attached hydrogen (secondary N) is 1. The average Bonchev–Trinajstić information content (AvgIpc) is 2.84. The number of rotatable bonds is 6. The molecule has 0 aliphatic carbocycles. The second-order valence-corrected chi connectivity index (χ2v) is 8.47. The van der Waals surface area contributed by atoms with Crippen LogP contribution in [0.3, 0.4) is 0 Å². The van der Waals surface area contributed by atoms with Crippen LogP contribution in [0.5, 0.6) is 0 Å². The maximum Gasteiger partial charge on any atom is 0.226 e. The first kappa shape index (κ1) is 17.5. The summed E-state index contributed by atoms with van der Waals surface area (Å²) in [5, 5.41) is 12.9. The van der Waals surface area contributed by atoms with Gasteiger partial charge < -0.3 is 5.32 Å². The maximum absolute atomic E-state index is 11.9. The number of nitrogens with zero attached hydrogens (tertiary/aromatic N) is 2. The minimum atomic E-state index is -0.108. The van der Waals surface area contributed by atoms with Crippen molar-refractivity contribution >= 4 is 57.3 Å². The van der Waals surface area contributed by atoms with Gasteiger partial charge in [-0.2, -0.15) is 0 Å². The molecule has 4 nitrogen and oxygen atoms in total. The summed E-state index contributed by atoms with van der Waals surface area (Å²) in [6, 6.07) is 5.28. The summed E-state index contributed by atoms with van der Waals surface area (Å²) in [6.07, 6.45) is 0.877. The monoisotopic (exact) mass is 375 g/mol. The van der Waals surface area contributed by atoms with Crippen molar-refractivity contribution in [3.05, 3.63) is 33.8 Å². The summed E-state index contributed by atoms with van der Waals surface area (Å²) >= 11 is 14.9. The Kier molecular flexibility index (Phi) is 6.50. The third-order valence-electron chi connectivity index (χ3n) is 2.63. The maximum atomic E-state index is 11.9. The number of amides is 1. The van der Waals surface area contributed by atoms with E-state index >= 15 is 0 Å². The van der Waals surface area contributed by atoms with E-state index in [1.54, 1.807) is 23.9 Å². The van der Waals surface area contributed by atoms with Crippen molar-refractivity contribution in [3.63, 3.8) is 0 Å². The van der Waals surface area contributed by atoms with Crippen LogP contribution in [0.4, 0.5) is 5.13 Å². The minimum absolute atomic E-state index is 0.108. The third-order valence-corrected chi connectivity index (χ3v) is 5.14. The van der Waals surface area contributed by atoms with Gasteiger partial charge in [0.25, 0.3) is 0 Å². The first-order valence-electron chi connectivity index (χ1n) is 6.68. The second-order valence-electron chi connectivity index (χ2n) is 4.82. The molecule has 1 heterocycles. The lowest BCUT2D eigenvalue weighted by Crippen LogP contribution is -2.12. The number of benzene rings is 1. The molecule has 0 spiro atoms. The molecule has 2 aromatic rings. The number of halogens is 2. The normalized spacial score (nSPS) is 11.0. The molecule has 0 saturated heterocycles. The van der Waals surface area contributed by atoms with E-state index in [-0.39, 0.29) is 5.91 Å². The predicted octanol–water partition coefficient (Wildman–Crippen LogP) is 4.92. The van der Waals surface area contributed by atoms with E-state index in [1.165, 1.54) is 11.3 Å². The Balaban J connectivity index is 1.86. The van der Waals surface area contributed by atoms with Crippen molar-refractivity contribution in [2.24, 2.45) is 0 Å². The molecule has 1 aromatic heterocycles. The molecule has 0 bridgehead atoms. The summed E-state index contributed by atoms with van der Waals surface area (Å²) in [6.45, 7) is 4.17. The molecule has 118 valence electrons. The third kappa shape index (κ3) is 5.43. The standard InChI is InChI=1S/C14H15Cl2N3OS2/c1-8(2)21-14-19-18-13(22-14)17-12(20)6-4-9-3-5-10(15)7-11(9)16/h3,5,7-8H,4,6H2,1-2H3,(H,17,18,20). The van der Waals surface area contributed by atoms with Crippen LogP contribution in [0.1, 0.15) is 25.8 Å². The number of aryl methyl sites for hydroxylation is 1. The molecule has 0 fully saturated rings. The number of hydrogen-bond donors (Lipinski definition) is 1. The predicted molar refractivity (Wildman–Crippen MR) is 94.3 cm³/mol. The summed E-state index contributed by atoms with van der Waals surface area (Å²) in [5.74, 6) is -0.108. The molecular formula is C14H15Cl2N3OS2. The van der Waals surface area contributed by atoms with Gasteiger partial charge >= 0.3 is 0 Å². The molecule has 0 aliphatic heterocycles. The van der Waals surface area contributed by atoms with Gasteiger partial charge in [0.1, 0.15) is 0 Å². The Bertz CT molecular complexity index is 661. The first-order valence-corrected chi connectivity index (χ1v) is 9.13. The van der Waals surface area contributed by atoms with Crippen LogP contribution in [0.25, 0.3) is 0 Å². The number of carbonyl (C=O) groups is 1. The zero-order valence-corrected chi connectivity index (χ0v) is 15.2. The fraction of sp³-hybridized carbons (Fsp3) is 0.357. The Morgan fingerprint density at radius 1 is 1.36 bits per heavy atom. The molecule has 22 heavy (non-hydrogen) atoms. The summed E-state index contributed by atoms with van der Waals surface area (Å²) in [7, 11) is 0. The lowest BCUT2D eigenvalue weighted by atomic mass is 10.1. The van der Waals surface area contributed by atoms with Gasteiger partial charge in [-0.05, 0) is 24.1 Å². The van der Waals surface area contributed by atoms with Crippen LogP contribution in [0, 0.1) is 0 Å². The highest BCUT2D eigenvalue weighted by molar-refractivity contribution is 8.01. The molecule has 0 atom stereocenters. The van der Waals surface area contributed by atoms with E-state index in [9.17, 15) is 4.79 Å². The van der Waals surface area contributed by atoms with Gasteiger partial charge in [0.2, 0.25) is 11.0 Å². The van der Waals surface area contributed by atoms with Crippen molar-refractivity contribution in [2.75, 3.05) is 5.32 Å². The second kappa shape index (κ2) is 8.15. The highest BCUT2D eigenvalue weighted by Crippen LogP contribution is 2.28. The Labute approximate surface area is 147 Å². The minimum Gasteiger partial charge on any atom is -0.300 e. The largest absolute Gasteiger partial charge is 0.300 e. The number of anilines is 1. The zero-order chi connectivity index (χ0) is 16.1.